The molecule has 0 spiro atoms. The number of aromatic nitrogens is 1. The molecule has 0 radical (unpaired) electrons. The summed E-state index contributed by atoms with van der Waals surface area (Å²) in [7, 11) is 0. The molecule has 7 heteroatoms. The third-order valence-electron chi connectivity index (χ3n) is 2.58. The minimum absolute atomic E-state index is 0. The fraction of sp³-hybridized carbons (Fsp3) is 0.143. The highest BCUT2D eigenvalue weighted by molar-refractivity contribution is 5.89. The molecule has 0 unspecified atom stereocenters. The number of hydrogen-bond donors (Lipinski definition) is 1. The molecule has 0 fully saturated rings. The smallest absolute Gasteiger partial charge is 0.321 e. The molecule has 3 nitrogen and oxygen atoms in total. The summed E-state index contributed by atoms with van der Waals surface area (Å²) in [5.41, 5.74) is -0.663. The number of rotatable bonds is 3. The highest BCUT2D eigenvalue weighted by atomic mass is 35.5. The van der Waals surface area contributed by atoms with Crippen molar-refractivity contribution in [3.05, 3.63) is 60.4 Å². The monoisotopic (exact) mass is 317 g/mol. The van der Waals surface area contributed by atoms with Gasteiger partial charge in [0.2, 0.25) is 6.54 Å². The van der Waals surface area contributed by atoms with Crippen molar-refractivity contribution in [2.24, 2.45) is 0 Å². The minimum atomic E-state index is -4.42. The Morgan fingerprint density at radius 2 is 1.76 bits per heavy atom. The first-order valence-corrected chi connectivity index (χ1v) is 5.86. The zero-order chi connectivity index (χ0) is 14.6. The Hall–Kier alpha value is -2.08. The molecule has 0 atom stereocenters. The summed E-state index contributed by atoms with van der Waals surface area (Å²) in [6.45, 7) is 0.0388. The van der Waals surface area contributed by atoms with Crippen molar-refractivity contribution in [2.45, 2.75) is 12.7 Å². The van der Waals surface area contributed by atoms with Crippen molar-refractivity contribution < 1.29 is 22.5 Å². The van der Waals surface area contributed by atoms with Gasteiger partial charge in [0.15, 0.2) is 12.4 Å². The van der Waals surface area contributed by atoms with Gasteiger partial charge in [-0.3, -0.25) is 4.79 Å². The first-order valence-electron chi connectivity index (χ1n) is 5.86. The van der Waals surface area contributed by atoms with Crippen LogP contribution in [-0.4, -0.2) is 5.91 Å². The number of hydrogen-bond acceptors (Lipinski definition) is 1. The van der Waals surface area contributed by atoms with Crippen molar-refractivity contribution in [3.63, 3.8) is 0 Å². The van der Waals surface area contributed by atoms with Gasteiger partial charge >= 0.3 is 6.18 Å². The summed E-state index contributed by atoms with van der Waals surface area (Å²) in [6, 6.07) is 9.88. The average Bonchev–Trinajstić information content (AvgIpc) is 2.39. The van der Waals surface area contributed by atoms with E-state index in [1.54, 1.807) is 35.2 Å². The van der Waals surface area contributed by atoms with Crippen LogP contribution in [0.4, 0.5) is 18.9 Å². The Balaban J connectivity index is 0.00000220. The van der Waals surface area contributed by atoms with Crippen LogP contribution in [0, 0.1) is 0 Å². The van der Waals surface area contributed by atoms with Gasteiger partial charge in [0.25, 0.3) is 5.91 Å². The Morgan fingerprint density at radius 3 is 2.38 bits per heavy atom. The zero-order valence-electron chi connectivity index (χ0n) is 10.8. The maximum Gasteiger partial charge on any atom is 0.416 e. The largest absolute Gasteiger partial charge is 0.416 e. The Morgan fingerprint density at radius 1 is 1.10 bits per heavy atom. The lowest BCUT2D eigenvalue weighted by atomic mass is 10.2. The van der Waals surface area contributed by atoms with E-state index in [0.29, 0.717) is 0 Å². The van der Waals surface area contributed by atoms with Gasteiger partial charge in [0.05, 0.1) is 5.56 Å². The summed E-state index contributed by atoms with van der Waals surface area (Å²) in [6.07, 6.45) is -1.02. The molecule has 0 aliphatic rings. The SMILES string of the molecule is Cl.O=C(C[n+]1ccccc1)Nc1cccc(C(F)(F)F)c1. The average molecular weight is 318 g/mol. The number of anilines is 1. The van der Waals surface area contributed by atoms with Gasteiger partial charge in [-0.25, -0.2) is 0 Å². The standard InChI is InChI=1S/C14H11F3N2O.ClH/c15-14(16,17)11-5-4-6-12(9-11)18-13(20)10-19-7-2-1-3-8-19;/h1-9H,10H2;1H/p+1. The zero-order valence-corrected chi connectivity index (χ0v) is 11.6. The number of carbonyl (C=O) groups excluding carboxylic acids is 1. The second-order valence-corrected chi connectivity index (χ2v) is 4.17. The van der Waals surface area contributed by atoms with Crippen LogP contribution in [0.5, 0.6) is 0 Å². The lowest BCUT2D eigenvalue weighted by molar-refractivity contribution is -0.684. The maximum atomic E-state index is 12.5. The van der Waals surface area contributed by atoms with Gasteiger partial charge in [-0.15, -0.1) is 12.4 Å². The van der Waals surface area contributed by atoms with Gasteiger partial charge < -0.3 is 5.32 Å². The molecule has 1 aromatic carbocycles. The summed E-state index contributed by atoms with van der Waals surface area (Å²) in [5, 5.41) is 2.44. The molecule has 1 aromatic heterocycles. The number of amides is 1. The molecular weight excluding hydrogens is 305 g/mol. The number of carbonyl (C=O) groups is 1. The number of nitrogens with zero attached hydrogens (tertiary/aromatic N) is 1. The van der Waals surface area contributed by atoms with E-state index in [2.05, 4.69) is 5.32 Å². The topological polar surface area (TPSA) is 33.0 Å². The van der Waals surface area contributed by atoms with Crippen molar-refractivity contribution in [1.29, 1.82) is 0 Å². The van der Waals surface area contributed by atoms with E-state index < -0.39 is 11.7 Å². The van der Waals surface area contributed by atoms with Gasteiger partial charge in [-0.05, 0) is 18.2 Å². The second kappa shape index (κ2) is 7.08. The molecule has 0 saturated heterocycles. The van der Waals surface area contributed by atoms with E-state index in [-0.39, 0.29) is 30.5 Å². The fourth-order valence-corrected chi connectivity index (χ4v) is 1.68. The van der Waals surface area contributed by atoms with E-state index in [1.165, 1.54) is 12.1 Å². The molecule has 0 aliphatic carbocycles. The highest BCUT2D eigenvalue weighted by Crippen LogP contribution is 2.30. The molecular formula is C14H13ClF3N2O+. The fourth-order valence-electron chi connectivity index (χ4n) is 1.68. The van der Waals surface area contributed by atoms with Gasteiger partial charge in [-0.2, -0.15) is 17.7 Å². The quantitative estimate of drug-likeness (QED) is 0.867. The number of alkyl halides is 3. The van der Waals surface area contributed by atoms with Crippen LogP contribution in [0.3, 0.4) is 0 Å². The molecule has 1 amide bonds. The summed E-state index contributed by atoms with van der Waals surface area (Å²) in [4.78, 5) is 11.7. The molecule has 2 aromatic rings. The normalized spacial score (nSPS) is 10.6. The number of nitrogens with one attached hydrogen (secondary N) is 1. The van der Waals surface area contributed by atoms with Crippen molar-refractivity contribution >= 4 is 24.0 Å². The third-order valence-corrected chi connectivity index (χ3v) is 2.58. The highest BCUT2D eigenvalue weighted by Gasteiger charge is 2.30. The predicted molar refractivity (Wildman–Crippen MR) is 74.0 cm³/mol. The first kappa shape index (κ1) is 17.0. The van der Waals surface area contributed by atoms with E-state index in [9.17, 15) is 18.0 Å². The summed E-state index contributed by atoms with van der Waals surface area (Å²) < 4.78 is 39.2. The third kappa shape index (κ3) is 5.07. The van der Waals surface area contributed by atoms with Crippen LogP contribution in [0.25, 0.3) is 0 Å². The lowest BCUT2D eigenvalue weighted by Gasteiger charge is -2.09. The molecule has 21 heavy (non-hydrogen) atoms. The molecule has 1 heterocycles. The van der Waals surface area contributed by atoms with Crippen LogP contribution in [0.1, 0.15) is 5.56 Å². The first-order chi connectivity index (χ1) is 9.45. The second-order valence-electron chi connectivity index (χ2n) is 4.17. The van der Waals surface area contributed by atoms with Crippen molar-refractivity contribution in [1.82, 2.24) is 0 Å². The van der Waals surface area contributed by atoms with Crippen molar-refractivity contribution in [3.8, 4) is 0 Å². The summed E-state index contributed by atoms with van der Waals surface area (Å²) >= 11 is 0. The Labute approximate surface area is 125 Å². The van der Waals surface area contributed by atoms with Crippen molar-refractivity contribution in [2.75, 3.05) is 5.32 Å². The lowest BCUT2D eigenvalue weighted by Crippen LogP contribution is -2.39. The molecule has 0 saturated carbocycles. The number of pyridine rings is 1. The maximum absolute atomic E-state index is 12.5. The number of halogens is 4. The van der Waals surface area contributed by atoms with E-state index in [1.807, 2.05) is 0 Å². The van der Waals surface area contributed by atoms with Crippen LogP contribution in [0.15, 0.2) is 54.9 Å². The molecule has 1 N–H and O–H groups in total. The van der Waals surface area contributed by atoms with Gasteiger partial charge in [0.1, 0.15) is 0 Å². The van der Waals surface area contributed by atoms with Crippen LogP contribution >= 0.6 is 12.4 Å². The van der Waals surface area contributed by atoms with Gasteiger partial charge in [0, 0.05) is 17.8 Å². The summed E-state index contributed by atoms with van der Waals surface area (Å²) in [5.74, 6) is -0.388. The van der Waals surface area contributed by atoms with Gasteiger partial charge in [-0.1, -0.05) is 12.1 Å². The van der Waals surface area contributed by atoms with Crippen LogP contribution in [-0.2, 0) is 17.5 Å². The number of benzene rings is 1. The van der Waals surface area contributed by atoms with E-state index >= 15 is 0 Å². The molecule has 112 valence electrons. The van der Waals surface area contributed by atoms with E-state index in [0.717, 1.165) is 12.1 Å². The van der Waals surface area contributed by atoms with Crippen LogP contribution < -0.4 is 9.88 Å². The predicted octanol–water partition coefficient (Wildman–Crippen LogP) is 3.05. The Kier molecular flexibility index (Phi) is 5.72. The molecule has 0 aliphatic heterocycles. The molecule has 2 rings (SSSR count). The van der Waals surface area contributed by atoms with E-state index in [4.69, 9.17) is 0 Å². The minimum Gasteiger partial charge on any atom is -0.321 e. The molecule has 0 bridgehead atoms. The van der Waals surface area contributed by atoms with Crippen LogP contribution in [0.2, 0.25) is 0 Å². The Bertz CT molecular complexity index is 603.